The molecule has 6 nitrogen and oxygen atoms in total. The molecular formula is C13H20N4O2. The Morgan fingerprint density at radius 2 is 1.89 bits per heavy atom. The molecule has 2 rings (SSSR count). The third-order valence-corrected chi connectivity index (χ3v) is 2.93. The Labute approximate surface area is 113 Å². The van der Waals surface area contributed by atoms with Gasteiger partial charge in [-0.3, -0.25) is 9.69 Å². The number of anilines is 1. The molecule has 1 aliphatic heterocycles. The number of carbonyl (C=O) groups is 1. The van der Waals surface area contributed by atoms with Gasteiger partial charge in [0.2, 0.25) is 5.95 Å². The van der Waals surface area contributed by atoms with E-state index in [1.165, 1.54) is 0 Å². The number of hydrogen-bond acceptors (Lipinski definition) is 6. The van der Waals surface area contributed by atoms with E-state index in [2.05, 4.69) is 19.8 Å². The van der Waals surface area contributed by atoms with Gasteiger partial charge in [0, 0.05) is 38.6 Å². The molecule has 0 spiro atoms. The maximum Gasteiger partial charge on any atom is 0.320 e. The van der Waals surface area contributed by atoms with Crippen LogP contribution in [0.2, 0.25) is 0 Å². The van der Waals surface area contributed by atoms with Crippen molar-refractivity contribution in [3.05, 3.63) is 18.5 Å². The maximum atomic E-state index is 11.6. The highest BCUT2D eigenvalue weighted by atomic mass is 16.5. The van der Waals surface area contributed by atoms with Crippen molar-refractivity contribution in [2.24, 2.45) is 0 Å². The monoisotopic (exact) mass is 264 g/mol. The SMILES string of the molecule is CC(C)OC(=O)CN1CCN(c2ncccn2)CC1. The van der Waals surface area contributed by atoms with Crippen LogP contribution < -0.4 is 4.90 Å². The third-order valence-electron chi connectivity index (χ3n) is 2.93. The molecule has 0 atom stereocenters. The molecule has 1 aromatic rings. The minimum absolute atomic E-state index is 0.0495. The van der Waals surface area contributed by atoms with Gasteiger partial charge in [-0.2, -0.15) is 0 Å². The second-order valence-electron chi connectivity index (χ2n) is 4.85. The average Bonchev–Trinajstić information content (AvgIpc) is 2.39. The van der Waals surface area contributed by atoms with Gasteiger partial charge in [-0.1, -0.05) is 0 Å². The summed E-state index contributed by atoms with van der Waals surface area (Å²) in [5, 5.41) is 0. The molecule has 0 unspecified atom stereocenters. The Balaban J connectivity index is 1.78. The summed E-state index contributed by atoms with van der Waals surface area (Å²) in [5.41, 5.74) is 0. The van der Waals surface area contributed by atoms with Crippen molar-refractivity contribution in [1.29, 1.82) is 0 Å². The first-order valence-electron chi connectivity index (χ1n) is 6.59. The fourth-order valence-electron chi connectivity index (χ4n) is 2.04. The highest BCUT2D eigenvalue weighted by Crippen LogP contribution is 2.09. The van der Waals surface area contributed by atoms with Crippen LogP contribution in [-0.2, 0) is 9.53 Å². The molecule has 0 aliphatic carbocycles. The number of esters is 1. The van der Waals surface area contributed by atoms with Crippen molar-refractivity contribution >= 4 is 11.9 Å². The van der Waals surface area contributed by atoms with Crippen molar-refractivity contribution in [2.45, 2.75) is 20.0 Å². The Morgan fingerprint density at radius 3 is 2.47 bits per heavy atom. The minimum Gasteiger partial charge on any atom is -0.462 e. The number of piperazine rings is 1. The van der Waals surface area contributed by atoms with E-state index < -0.39 is 0 Å². The van der Waals surface area contributed by atoms with Crippen LogP contribution >= 0.6 is 0 Å². The summed E-state index contributed by atoms with van der Waals surface area (Å²) in [6.07, 6.45) is 3.44. The number of nitrogens with zero attached hydrogens (tertiary/aromatic N) is 4. The van der Waals surface area contributed by atoms with E-state index >= 15 is 0 Å². The second kappa shape index (κ2) is 6.47. The topological polar surface area (TPSA) is 58.6 Å². The van der Waals surface area contributed by atoms with Gasteiger partial charge in [0.25, 0.3) is 0 Å². The summed E-state index contributed by atoms with van der Waals surface area (Å²) in [5.74, 6) is 0.603. The fourth-order valence-corrected chi connectivity index (χ4v) is 2.04. The largest absolute Gasteiger partial charge is 0.462 e. The van der Waals surface area contributed by atoms with Crippen molar-refractivity contribution < 1.29 is 9.53 Å². The van der Waals surface area contributed by atoms with Gasteiger partial charge in [-0.15, -0.1) is 0 Å². The second-order valence-corrected chi connectivity index (χ2v) is 4.85. The van der Waals surface area contributed by atoms with E-state index in [4.69, 9.17) is 4.74 Å². The Morgan fingerprint density at radius 1 is 1.26 bits per heavy atom. The minimum atomic E-state index is -0.153. The Kier molecular flexibility index (Phi) is 4.68. The molecule has 0 aromatic carbocycles. The van der Waals surface area contributed by atoms with Gasteiger partial charge >= 0.3 is 5.97 Å². The summed E-state index contributed by atoms with van der Waals surface area (Å²) in [7, 11) is 0. The van der Waals surface area contributed by atoms with Crippen LogP contribution in [0.5, 0.6) is 0 Å². The molecule has 19 heavy (non-hydrogen) atoms. The lowest BCUT2D eigenvalue weighted by Gasteiger charge is -2.34. The molecule has 6 heteroatoms. The van der Waals surface area contributed by atoms with Gasteiger partial charge in [0.05, 0.1) is 12.6 Å². The lowest BCUT2D eigenvalue weighted by Crippen LogP contribution is -2.48. The zero-order chi connectivity index (χ0) is 13.7. The Hall–Kier alpha value is -1.69. The summed E-state index contributed by atoms with van der Waals surface area (Å²) < 4.78 is 5.15. The molecule has 0 amide bonds. The van der Waals surface area contributed by atoms with E-state index in [1.54, 1.807) is 12.4 Å². The van der Waals surface area contributed by atoms with Gasteiger partial charge < -0.3 is 9.64 Å². The number of ether oxygens (including phenoxy) is 1. The van der Waals surface area contributed by atoms with Crippen LogP contribution in [0, 0.1) is 0 Å². The summed E-state index contributed by atoms with van der Waals surface area (Å²) in [6.45, 7) is 7.40. The highest BCUT2D eigenvalue weighted by Gasteiger charge is 2.21. The van der Waals surface area contributed by atoms with E-state index in [9.17, 15) is 4.79 Å². The molecule has 0 bridgehead atoms. The Bertz CT molecular complexity index is 402. The lowest BCUT2D eigenvalue weighted by atomic mass is 10.3. The van der Waals surface area contributed by atoms with Crippen LogP contribution in [0.3, 0.4) is 0 Å². The van der Waals surface area contributed by atoms with Gasteiger partial charge in [0.15, 0.2) is 0 Å². The smallest absolute Gasteiger partial charge is 0.320 e. The molecule has 0 radical (unpaired) electrons. The first kappa shape index (κ1) is 13.7. The standard InChI is InChI=1S/C13H20N4O2/c1-11(2)19-12(18)10-16-6-8-17(9-7-16)13-14-4-3-5-15-13/h3-5,11H,6-10H2,1-2H3. The predicted octanol–water partition coefficient (Wildman–Crippen LogP) is 0.550. The average molecular weight is 264 g/mol. The lowest BCUT2D eigenvalue weighted by molar-refractivity contribution is -0.148. The van der Waals surface area contributed by atoms with Gasteiger partial charge in [-0.05, 0) is 19.9 Å². The normalized spacial score (nSPS) is 16.7. The zero-order valence-electron chi connectivity index (χ0n) is 11.5. The molecule has 1 saturated heterocycles. The van der Waals surface area contributed by atoms with Crippen LogP contribution in [0.25, 0.3) is 0 Å². The zero-order valence-corrected chi connectivity index (χ0v) is 11.5. The first-order chi connectivity index (χ1) is 9.15. The van der Waals surface area contributed by atoms with Crippen molar-refractivity contribution in [2.75, 3.05) is 37.6 Å². The predicted molar refractivity (Wildman–Crippen MR) is 71.9 cm³/mol. The highest BCUT2D eigenvalue weighted by molar-refractivity contribution is 5.71. The summed E-state index contributed by atoms with van der Waals surface area (Å²) in [6, 6.07) is 1.81. The van der Waals surface area contributed by atoms with Gasteiger partial charge in [0.1, 0.15) is 0 Å². The quantitative estimate of drug-likeness (QED) is 0.740. The molecule has 1 aromatic heterocycles. The van der Waals surface area contributed by atoms with Crippen molar-refractivity contribution in [3.63, 3.8) is 0 Å². The van der Waals surface area contributed by atoms with E-state index in [1.807, 2.05) is 19.9 Å². The molecule has 1 fully saturated rings. The molecular weight excluding hydrogens is 244 g/mol. The van der Waals surface area contributed by atoms with E-state index in [0.717, 1.165) is 32.1 Å². The summed E-state index contributed by atoms with van der Waals surface area (Å²) in [4.78, 5) is 24.3. The number of carbonyl (C=O) groups excluding carboxylic acids is 1. The molecule has 104 valence electrons. The fraction of sp³-hybridized carbons (Fsp3) is 0.615. The maximum absolute atomic E-state index is 11.6. The van der Waals surface area contributed by atoms with Crippen molar-refractivity contribution in [1.82, 2.24) is 14.9 Å². The number of rotatable bonds is 4. The first-order valence-corrected chi connectivity index (χ1v) is 6.59. The van der Waals surface area contributed by atoms with Crippen LogP contribution in [0.1, 0.15) is 13.8 Å². The van der Waals surface area contributed by atoms with Crippen LogP contribution in [0.4, 0.5) is 5.95 Å². The third kappa shape index (κ3) is 4.17. The molecule has 0 saturated carbocycles. The van der Waals surface area contributed by atoms with E-state index in [0.29, 0.717) is 6.54 Å². The van der Waals surface area contributed by atoms with Crippen LogP contribution in [-0.4, -0.2) is 59.7 Å². The molecule has 1 aliphatic rings. The van der Waals surface area contributed by atoms with E-state index in [-0.39, 0.29) is 12.1 Å². The number of hydrogen-bond donors (Lipinski definition) is 0. The van der Waals surface area contributed by atoms with Crippen molar-refractivity contribution in [3.8, 4) is 0 Å². The number of aromatic nitrogens is 2. The summed E-state index contributed by atoms with van der Waals surface area (Å²) >= 11 is 0. The van der Waals surface area contributed by atoms with Crippen LogP contribution in [0.15, 0.2) is 18.5 Å². The molecule has 2 heterocycles. The van der Waals surface area contributed by atoms with Gasteiger partial charge in [-0.25, -0.2) is 9.97 Å². The molecule has 0 N–H and O–H groups in total.